The molecule has 0 spiro atoms. The summed E-state index contributed by atoms with van der Waals surface area (Å²) in [4.78, 5) is 13.0. The number of nitrogens with one attached hydrogen (secondary N) is 1. The van der Waals surface area contributed by atoms with Gasteiger partial charge in [-0.1, -0.05) is 52.3 Å². The minimum atomic E-state index is -3.52. The lowest BCUT2D eigenvalue weighted by Crippen LogP contribution is -2.19. The van der Waals surface area contributed by atoms with E-state index in [1.807, 2.05) is 30.3 Å². The zero-order valence-electron chi connectivity index (χ0n) is 18.7. The monoisotopic (exact) mass is 565 g/mol. The molecule has 0 bridgehead atoms. The van der Waals surface area contributed by atoms with Gasteiger partial charge < -0.3 is 5.32 Å². The normalized spacial score (nSPS) is 11.5. The Morgan fingerprint density at radius 2 is 1.72 bits per heavy atom. The summed E-state index contributed by atoms with van der Waals surface area (Å²) < 4.78 is 41.4. The molecule has 180 valence electrons. The van der Waals surface area contributed by atoms with Gasteiger partial charge >= 0.3 is 0 Å². The summed E-state index contributed by atoms with van der Waals surface area (Å²) >= 11 is 3.44. The number of carbonyl (C=O) groups is 1. The summed E-state index contributed by atoms with van der Waals surface area (Å²) in [5.41, 5.74) is 1.19. The summed E-state index contributed by atoms with van der Waals surface area (Å²) in [6.07, 6.45) is 1.09. The first kappa shape index (κ1) is 23.8. The fraction of sp³-hybridized carbons (Fsp3) is 0.0400. The van der Waals surface area contributed by atoms with Crippen molar-refractivity contribution in [2.24, 2.45) is 0 Å². The molecule has 0 atom stereocenters. The Morgan fingerprint density at radius 3 is 2.50 bits per heavy atom. The van der Waals surface area contributed by atoms with E-state index in [2.05, 4.69) is 36.8 Å². The van der Waals surface area contributed by atoms with E-state index < -0.39 is 21.6 Å². The van der Waals surface area contributed by atoms with Gasteiger partial charge in [-0.05, 0) is 69.2 Å². The third-order valence-electron chi connectivity index (χ3n) is 5.52. The highest BCUT2D eigenvalue weighted by Crippen LogP contribution is 2.30. The van der Waals surface area contributed by atoms with Crippen molar-refractivity contribution in [3.8, 4) is 16.8 Å². The zero-order chi connectivity index (χ0) is 25.4. The smallest absolute Gasteiger partial charge is 0.295 e. The molecule has 1 heterocycles. The van der Waals surface area contributed by atoms with Crippen LogP contribution in [0.4, 0.5) is 10.1 Å². The van der Waals surface area contributed by atoms with Crippen LogP contribution in [0.25, 0.3) is 27.6 Å². The number of aromatic nitrogens is 4. The van der Waals surface area contributed by atoms with Crippen molar-refractivity contribution in [2.75, 3.05) is 11.6 Å². The summed E-state index contributed by atoms with van der Waals surface area (Å²) in [6.45, 7) is 0. The maximum atomic E-state index is 15.0. The van der Waals surface area contributed by atoms with Gasteiger partial charge in [-0.2, -0.15) is 4.68 Å². The Kier molecular flexibility index (Phi) is 6.10. The van der Waals surface area contributed by atoms with Crippen LogP contribution in [-0.2, 0) is 9.84 Å². The van der Waals surface area contributed by atoms with Crippen LogP contribution in [0.1, 0.15) is 10.6 Å². The van der Waals surface area contributed by atoms with E-state index in [4.69, 9.17) is 0 Å². The summed E-state index contributed by atoms with van der Waals surface area (Å²) in [5.74, 6) is -1.57. The minimum absolute atomic E-state index is 0.0862. The van der Waals surface area contributed by atoms with Gasteiger partial charge in [-0.25, -0.2) is 12.8 Å². The second kappa shape index (κ2) is 9.25. The summed E-state index contributed by atoms with van der Waals surface area (Å²) in [6, 6.07) is 21.7. The average molecular weight is 566 g/mol. The maximum Gasteiger partial charge on any atom is 0.295 e. The van der Waals surface area contributed by atoms with Gasteiger partial charge in [0.25, 0.3) is 5.91 Å². The molecular formula is C25H17BrFN5O3S. The molecule has 0 aliphatic carbocycles. The standard InChI is InChI=1S/C25H17BrFN5O3S/c1-36(34,35)23-5-3-2-4-20(23)17-8-11-22(21(27)14-17)28-25(33)24-29-30-31-32(24)19-10-7-15-12-18(26)9-6-16(15)13-19/h2-14H,1H3,(H,28,33). The fourth-order valence-electron chi connectivity index (χ4n) is 3.83. The molecule has 1 amide bonds. The van der Waals surface area contributed by atoms with Crippen molar-refractivity contribution in [3.63, 3.8) is 0 Å². The van der Waals surface area contributed by atoms with Gasteiger partial charge in [0.2, 0.25) is 5.82 Å². The van der Waals surface area contributed by atoms with Crippen LogP contribution in [0.5, 0.6) is 0 Å². The van der Waals surface area contributed by atoms with Crippen molar-refractivity contribution in [1.29, 1.82) is 0 Å². The number of halogens is 2. The summed E-state index contributed by atoms with van der Waals surface area (Å²) in [5, 5.41) is 15.7. The van der Waals surface area contributed by atoms with Gasteiger partial charge in [0.15, 0.2) is 9.84 Å². The minimum Gasteiger partial charge on any atom is -0.317 e. The van der Waals surface area contributed by atoms with Crippen molar-refractivity contribution in [3.05, 3.63) is 95.0 Å². The van der Waals surface area contributed by atoms with Crippen LogP contribution in [0.15, 0.2) is 88.2 Å². The zero-order valence-corrected chi connectivity index (χ0v) is 21.1. The van der Waals surface area contributed by atoms with E-state index in [1.54, 1.807) is 24.3 Å². The molecular weight excluding hydrogens is 549 g/mol. The number of hydrogen-bond donors (Lipinski definition) is 1. The quantitative estimate of drug-likeness (QED) is 0.320. The topological polar surface area (TPSA) is 107 Å². The fourth-order valence-corrected chi connectivity index (χ4v) is 5.12. The Labute approximate surface area is 213 Å². The van der Waals surface area contributed by atoms with E-state index in [9.17, 15) is 17.6 Å². The van der Waals surface area contributed by atoms with Gasteiger partial charge in [-0.15, -0.1) is 5.10 Å². The van der Waals surface area contributed by atoms with E-state index in [0.717, 1.165) is 21.5 Å². The Balaban J connectivity index is 1.43. The number of hydrogen-bond acceptors (Lipinski definition) is 6. The third kappa shape index (κ3) is 4.62. The molecule has 0 aliphatic rings. The Hall–Kier alpha value is -3.96. The van der Waals surface area contributed by atoms with Crippen LogP contribution < -0.4 is 5.32 Å². The van der Waals surface area contributed by atoms with Crippen LogP contribution in [0.2, 0.25) is 0 Å². The molecule has 5 aromatic rings. The van der Waals surface area contributed by atoms with Crippen LogP contribution >= 0.6 is 15.9 Å². The molecule has 4 aromatic carbocycles. The van der Waals surface area contributed by atoms with E-state index in [1.165, 1.54) is 28.9 Å². The molecule has 36 heavy (non-hydrogen) atoms. The van der Waals surface area contributed by atoms with E-state index in [-0.39, 0.29) is 16.4 Å². The number of carbonyl (C=O) groups excluding carboxylic acids is 1. The molecule has 0 fully saturated rings. The van der Waals surface area contributed by atoms with E-state index >= 15 is 0 Å². The van der Waals surface area contributed by atoms with Crippen molar-refractivity contribution >= 4 is 48.1 Å². The number of anilines is 1. The largest absolute Gasteiger partial charge is 0.317 e. The Morgan fingerprint density at radius 1 is 0.972 bits per heavy atom. The molecule has 0 radical (unpaired) electrons. The highest BCUT2D eigenvalue weighted by Gasteiger charge is 2.20. The highest BCUT2D eigenvalue weighted by atomic mass is 79.9. The number of rotatable bonds is 5. The molecule has 0 aliphatic heterocycles. The van der Waals surface area contributed by atoms with Crippen molar-refractivity contribution < 1.29 is 17.6 Å². The molecule has 11 heteroatoms. The van der Waals surface area contributed by atoms with Gasteiger partial charge in [0.1, 0.15) is 5.82 Å². The summed E-state index contributed by atoms with van der Waals surface area (Å²) in [7, 11) is -3.52. The van der Waals surface area contributed by atoms with Crippen LogP contribution in [-0.4, -0.2) is 40.8 Å². The molecule has 5 rings (SSSR count). The third-order valence-corrected chi connectivity index (χ3v) is 7.17. The first-order valence-electron chi connectivity index (χ1n) is 10.6. The number of tetrazole rings is 1. The predicted molar refractivity (Wildman–Crippen MR) is 137 cm³/mol. The molecule has 0 saturated heterocycles. The highest BCUT2D eigenvalue weighted by molar-refractivity contribution is 9.10. The SMILES string of the molecule is CS(=O)(=O)c1ccccc1-c1ccc(NC(=O)c2nnnn2-c2ccc3cc(Br)ccc3c2)c(F)c1. The second-order valence-electron chi connectivity index (χ2n) is 8.01. The maximum absolute atomic E-state index is 15.0. The lowest BCUT2D eigenvalue weighted by Gasteiger charge is -2.11. The van der Waals surface area contributed by atoms with E-state index in [0.29, 0.717) is 16.8 Å². The first-order chi connectivity index (χ1) is 17.2. The van der Waals surface area contributed by atoms with Crippen LogP contribution in [0.3, 0.4) is 0 Å². The molecule has 1 aromatic heterocycles. The molecule has 1 N–H and O–H groups in total. The molecule has 0 unspecified atom stereocenters. The van der Waals surface area contributed by atoms with Crippen LogP contribution in [0, 0.1) is 5.82 Å². The first-order valence-corrected chi connectivity index (χ1v) is 13.3. The molecule has 0 saturated carbocycles. The second-order valence-corrected chi connectivity index (χ2v) is 10.9. The van der Waals surface area contributed by atoms with Gasteiger partial charge in [-0.3, -0.25) is 4.79 Å². The number of nitrogens with zero attached hydrogens (tertiary/aromatic N) is 4. The van der Waals surface area contributed by atoms with Crippen molar-refractivity contribution in [2.45, 2.75) is 4.90 Å². The average Bonchev–Trinajstić information content (AvgIpc) is 3.35. The number of fused-ring (bicyclic) bond motifs is 1. The van der Waals surface area contributed by atoms with Gasteiger partial charge in [0, 0.05) is 16.3 Å². The molecule has 8 nitrogen and oxygen atoms in total. The number of sulfone groups is 1. The number of amides is 1. The number of benzene rings is 4. The Bertz CT molecular complexity index is 1750. The lowest BCUT2D eigenvalue weighted by atomic mass is 10.0. The van der Waals surface area contributed by atoms with Crippen molar-refractivity contribution in [1.82, 2.24) is 20.2 Å². The lowest BCUT2D eigenvalue weighted by molar-refractivity contribution is 0.101. The predicted octanol–water partition coefficient (Wildman–Crippen LogP) is 5.04. The van der Waals surface area contributed by atoms with Gasteiger partial charge in [0.05, 0.1) is 16.3 Å².